The van der Waals surface area contributed by atoms with Crippen LogP contribution in [0.2, 0.25) is 0 Å². The van der Waals surface area contributed by atoms with Crippen LogP contribution >= 0.6 is 0 Å². The number of piperidine rings is 1. The van der Waals surface area contributed by atoms with Gasteiger partial charge in [0.1, 0.15) is 12.7 Å². The van der Waals surface area contributed by atoms with Crippen LogP contribution in [0.1, 0.15) is 24.0 Å². The van der Waals surface area contributed by atoms with Crippen LogP contribution in [0.4, 0.5) is 0 Å². The summed E-state index contributed by atoms with van der Waals surface area (Å²) in [6.45, 7) is 4.41. The Hall–Kier alpha value is -2.96. The van der Waals surface area contributed by atoms with Crippen molar-refractivity contribution in [3.05, 3.63) is 78.5 Å². The summed E-state index contributed by atoms with van der Waals surface area (Å²) in [6, 6.07) is 17.8. The molecule has 6 nitrogen and oxygen atoms in total. The fraction of sp³-hybridized carbons (Fsp3) is 0.333. The zero-order chi connectivity index (χ0) is 20.2. The molecule has 2 N–H and O–H groups in total. The molecule has 0 spiro atoms. The Morgan fingerprint density at radius 2 is 1.80 bits per heavy atom. The number of nitrogens with one attached hydrogen (secondary N) is 2. The van der Waals surface area contributed by atoms with Gasteiger partial charge in [0.25, 0.3) is 0 Å². The van der Waals surface area contributed by atoms with Crippen LogP contribution in [0.15, 0.2) is 67.4 Å². The number of aromatic amines is 1. The molecule has 0 saturated carbocycles. The minimum absolute atomic E-state index is 0.620. The predicted molar refractivity (Wildman–Crippen MR) is 120 cm³/mol. The highest BCUT2D eigenvalue weighted by Gasteiger charge is 2.18. The molecular formula is C24H28N6. The second kappa shape index (κ2) is 8.81. The molecule has 2 aromatic carbocycles. The first-order valence-electron chi connectivity index (χ1n) is 10.8. The van der Waals surface area contributed by atoms with Crippen LogP contribution in [-0.2, 0) is 13.0 Å². The lowest BCUT2D eigenvalue weighted by Gasteiger charge is -2.32. The molecule has 0 atom stereocenters. The third kappa shape index (κ3) is 4.30. The van der Waals surface area contributed by atoms with Gasteiger partial charge in [0, 0.05) is 35.4 Å². The van der Waals surface area contributed by atoms with Crippen molar-refractivity contribution in [2.24, 2.45) is 0 Å². The molecule has 0 amide bonds. The van der Waals surface area contributed by atoms with E-state index in [9.17, 15) is 0 Å². The SMILES string of the molecule is c1ccc(CN2CCC(NCCc3c[nH]c4ccc(-n5cnnc5)cc34)CC2)cc1. The van der Waals surface area contributed by atoms with Gasteiger partial charge in [0.15, 0.2) is 0 Å². The smallest absolute Gasteiger partial charge is 0.123 e. The minimum atomic E-state index is 0.620. The van der Waals surface area contributed by atoms with E-state index in [0.717, 1.165) is 25.2 Å². The number of hydrogen-bond donors (Lipinski definition) is 2. The number of nitrogens with zero attached hydrogens (tertiary/aromatic N) is 4. The maximum absolute atomic E-state index is 3.91. The second-order valence-electron chi connectivity index (χ2n) is 8.15. The molecule has 30 heavy (non-hydrogen) atoms. The van der Waals surface area contributed by atoms with Gasteiger partial charge in [0.2, 0.25) is 0 Å². The van der Waals surface area contributed by atoms with Gasteiger partial charge in [-0.25, -0.2) is 0 Å². The van der Waals surface area contributed by atoms with Crippen LogP contribution < -0.4 is 5.32 Å². The lowest BCUT2D eigenvalue weighted by atomic mass is 10.0. The molecule has 0 aliphatic carbocycles. The van der Waals surface area contributed by atoms with Crippen LogP contribution in [-0.4, -0.2) is 50.3 Å². The van der Waals surface area contributed by atoms with E-state index in [1.54, 1.807) is 12.7 Å². The molecule has 1 aliphatic rings. The summed E-state index contributed by atoms with van der Waals surface area (Å²) in [7, 11) is 0. The third-order valence-corrected chi connectivity index (χ3v) is 6.13. The van der Waals surface area contributed by atoms with Gasteiger partial charge in [-0.3, -0.25) is 9.47 Å². The van der Waals surface area contributed by atoms with Crippen molar-refractivity contribution >= 4 is 10.9 Å². The summed E-state index contributed by atoms with van der Waals surface area (Å²) < 4.78 is 1.94. The van der Waals surface area contributed by atoms with Crippen molar-refractivity contribution in [1.82, 2.24) is 30.0 Å². The fourth-order valence-electron chi connectivity index (χ4n) is 4.42. The molecule has 3 heterocycles. The van der Waals surface area contributed by atoms with E-state index in [1.165, 1.54) is 48.0 Å². The number of H-pyrrole nitrogens is 1. The summed E-state index contributed by atoms with van der Waals surface area (Å²) in [5.74, 6) is 0. The number of hydrogen-bond acceptors (Lipinski definition) is 4. The van der Waals surface area contributed by atoms with Gasteiger partial charge in [-0.1, -0.05) is 30.3 Å². The molecule has 1 fully saturated rings. The van der Waals surface area contributed by atoms with E-state index in [-0.39, 0.29) is 0 Å². The highest BCUT2D eigenvalue weighted by Crippen LogP contribution is 2.22. The van der Waals surface area contributed by atoms with Crippen molar-refractivity contribution in [2.75, 3.05) is 19.6 Å². The number of aromatic nitrogens is 4. The molecule has 0 unspecified atom stereocenters. The van der Waals surface area contributed by atoms with Crippen LogP contribution in [0, 0.1) is 0 Å². The van der Waals surface area contributed by atoms with Crippen molar-refractivity contribution in [3.8, 4) is 5.69 Å². The lowest BCUT2D eigenvalue weighted by molar-refractivity contribution is 0.191. The Bertz CT molecular complexity index is 1060. The summed E-state index contributed by atoms with van der Waals surface area (Å²) in [5.41, 5.74) is 5.03. The molecule has 0 radical (unpaired) electrons. The maximum Gasteiger partial charge on any atom is 0.123 e. The summed E-state index contributed by atoms with van der Waals surface area (Å²) >= 11 is 0. The Balaban J connectivity index is 1.13. The van der Waals surface area contributed by atoms with Gasteiger partial charge >= 0.3 is 0 Å². The Morgan fingerprint density at radius 3 is 2.60 bits per heavy atom. The lowest BCUT2D eigenvalue weighted by Crippen LogP contribution is -2.42. The average Bonchev–Trinajstić information content (AvgIpc) is 3.46. The van der Waals surface area contributed by atoms with E-state index in [2.05, 4.69) is 80.1 Å². The van der Waals surface area contributed by atoms with Crippen LogP contribution in [0.5, 0.6) is 0 Å². The summed E-state index contributed by atoms with van der Waals surface area (Å²) in [6.07, 6.45) is 9.08. The largest absolute Gasteiger partial charge is 0.361 e. The summed E-state index contributed by atoms with van der Waals surface area (Å²) in [4.78, 5) is 5.97. The van der Waals surface area contributed by atoms with Gasteiger partial charge in [0.05, 0.1) is 0 Å². The van der Waals surface area contributed by atoms with Gasteiger partial charge in [-0.05, 0) is 68.2 Å². The maximum atomic E-state index is 3.91. The summed E-state index contributed by atoms with van der Waals surface area (Å²) in [5, 5.41) is 12.9. The van der Waals surface area contributed by atoms with Crippen molar-refractivity contribution in [2.45, 2.75) is 31.8 Å². The quantitative estimate of drug-likeness (QED) is 0.498. The highest BCUT2D eigenvalue weighted by atomic mass is 15.2. The number of rotatable bonds is 7. The first kappa shape index (κ1) is 19.0. The van der Waals surface area contributed by atoms with Gasteiger partial charge in [-0.15, -0.1) is 10.2 Å². The second-order valence-corrected chi connectivity index (χ2v) is 8.15. The van der Waals surface area contributed by atoms with Crippen molar-refractivity contribution in [3.63, 3.8) is 0 Å². The van der Waals surface area contributed by atoms with Gasteiger partial charge in [-0.2, -0.15) is 0 Å². The Labute approximate surface area is 176 Å². The first-order chi connectivity index (χ1) is 14.8. The molecule has 4 aromatic rings. The van der Waals surface area contributed by atoms with E-state index in [4.69, 9.17) is 0 Å². The van der Waals surface area contributed by atoms with E-state index in [1.807, 2.05) is 4.57 Å². The van der Waals surface area contributed by atoms with E-state index < -0.39 is 0 Å². The molecule has 5 rings (SSSR count). The number of fused-ring (bicyclic) bond motifs is 1. The van der Waals surface area contributed by atoms with Crippen molar-refractivity contribution in [1.29, 1.82) is 0 Å². The number of benzene rings is 2. The van der Waals surface area contributed by atoms with Gasteiger partial charge < -0.3 is 10.3 Å². The van der Waals surface area contributed by atoms with Crippen molar-refractivity contribution < 1.29 is 0 Å². The average molecular weight is 401 g/mol. The van der Waals surface area contributed by atoms with Crippen LogP contribution in [0.3, 0.4) is 0 Å². The molecule has 2 aromatic heterocycles. The van der Waals surface area contributed by atoms with E-state index >= 15 is 0 Å². The fourth-order valence-corrected chi connectivity index (χ4v) is 4.42. The molecule has 0 bridgehead atoms. The van der Waals surface area contributed by atoms with Crippen LogP contribution in [0.25, 0.3) is 16.6 Å². The number of likely N-dealkylation sites (tertiary alicyclic amines) is 1. The zero-order valence-electron chi connectivity index (χ0n) is 17.2. The standard InChI is InChI=1S/C24H28N6/c1-2-4-19(5-3-1)16-29-12-9-21(10-13-29)25-11-8-20-15-26-24-7-6-22(14-23(20)24)30-17-27-28-18-30/h1-7,14-15,17-18,21,25-26H,8-13,16H2. The molecule has 1 aliphatic heterocycles. The molecule has 1 saturated heterocycles. The first-order valence-corrected chi connectivity index (χ1v) is 10.8. The highest BCUT2D eigenvalue weighted by molar-refractivity contribution is 5.85. The Morgan fingerprint density at radius 1 is 1.00 bits per heavy atom. The molecular weight excluding hydrogens is 372 g/mol. The predicted octanol–water partition coefficient (Wildman–Crippen LogP) is 3.55. The monoisotopic (exact) mass is 400 g/mol. The molecule has 6 heteroatoms. The minimum Gasteiger partial charge on any atom is -0.361 e. The van der Waals surface area contributed by atoms with E-state index in [0.29, 0.717) is 6.04 Å². The normalized spacial score (nSPS) is 15.7. The topological polar surface area (TPSA) is 61.8 Å². The zero-order valence-corrected chi connectivity index (χ0v) is 17.2. The Kier molecular flexibility index (Phi) is 5.59. The molecule has 154 valence electrons. The third-order valence-electron chi connectivity index (χ3n) is 6.13.